The van der Waals surface area contributed by atoms with Gasteiger partial charge in [-0.3, -0.25) is 24.0 Å². The summed E-state index contributed by atoms with van der Waals surface area (Å²) in [5, 5.41) is 14.4. The topological polar surface area (TPSA) is 139 Å². The van der Waals surface area contributed by atoms with Crippen molar-refractivity contribution in [3.8, 4) is 5.75 Å². The van der Waals surface area contributed by atoms with Crippen LogP contribution in [0.4, 0.5) is 11.4 Å². The minimum absolute atomic E-state index is 0.153. The number of nitrogens with one attached hydrogen (secondary N) is 1. The number of benzene rings is 3. The number of carbonyl (C=O) groups excluding carboxylic acids is 2. The summed E-state index contributed by atoms with van der Waals surface area (Å²) in [5.74, 6) is -0.474. The molecule has 0 fully saturated rings. The van der Waals surface area contributed by atoms with E-state index in [0.717, 1.165) is 28.8 Å². The summed E-state index contributed by atoms with van der Waals surface area (Å²) in [6.45, 7) is 5.10. The molecule has 12 heteroatoms. The summed E-state index contributed by atoms with van der Waals surface area (Å²) in [7, 11) is -3.00. The standard InChI is InChI=1S/C31H38N4O7S/c1-5-6-19-32-31(37)24(3)33(20-18-25-10-8-7-9-11-25)30(36)22-34(26-13-15-27(42-4)16-14-26)43(40,41)28-17-12-23(2)29(21-28)35(38)39/h7-17,21,24H,5-6,18-20,22H2,1-4H3,(H,32,37)/t24-/m0/s1. The predicted molar refractivity (Wildman–Crippen MR) is 165 cm³/mol. The zero-order valence-electron chi connectivity index (χ0n) is 24.9. The van der Waals surface area contributed by atoms with E-state index < -0.39 is 33.4 Å². The van der Waals surface area contributed by atoms with E-state index in [0.29, 0.717) is 24.3 Å². The number of methoxy groups -OCH3 is 1. The maximum atomic E-state index is 14.0. The predicted octanol–water partition coefficient (Wildman–Crippen LogP) is 4.48. The van der Waals surface area contributed by atoms with Crippen LogP contribution in [0, 0.1) is 17.0 Å². The normalized spacial score (nSPS) is 11.8. The fraction of sp³-hybridized carbons (Fsp3) is 0.355. The Balaban J connectivity index is 2.02. The van der Waals surface area contributed by atoms with E-state index in [1.807, 2.05) is 37.3 Å². The lowest BCUT2D eigenvalue weighted by Crippen LogP contribution is -2.52. The molecular formula is C31H38N4O7S. The maximum Gasteiger partial charge on any atom is 0.273 e. The van der Waals surface area contributed by atoms with Crippen LogP contribution in [0.2, 0.25) is 0 Å². The van der Waals surface area contributed by atoms with Gasteiger partial charge in [0.1, 0.15) is 18.3 Å². The number of hydrogen-bond acceptors (Lipinski definition) is 7. The third-order valence-corrected chi connectivity index (χ3v) is 8.86. The van der Waals surface area contributed by atoms with Gasteiger partial charge in [-0.15, -0.1) is 0 Å². The van der Waals surface area contributed by atoms with E-state index in [1.165, 1.54) is 43.2 Å². The molecular weight excluding hydrogens is 572 g/mol. The number of nitrogens with zero attached hydrogens (tertiary/aromatic N) is 3. The number of unbranched alkanes of at least 4 members (excludes halogenated alkanes) is 1. The Kier molecular flexibility index (Phi) is 11.6. The summed E-state index contributed by atoms with van der Waals surface area (Å²) in [5.41, 5.74) is 1.04. The van der Waals surface area contributed by atoms with E-state index >= 15 is 0 Å². The fourth-order valence-corrected chi connectivity index (χ4v) is 5.89. The van der Waals surface area contributed by atoms with Crippen molar-refractivity contribution in [2.24, 2.45) is 0 Å². The molecule has 0 radical (unpaired) electrons. The minimum Gasteiger partial charge on any atom is -0.497 e. The summed E-state index contributed by atoms with van der Waals surface area (Å²) in [6, 6.07) is 18.3. The van der Waals surface area contributed by atoms with Gasteiger partial charge in [0.15, 0.2) is 0 Å². The monoisotopic (exact) mass is 610 g/mol. The second-order valence-electron chi connectivity index (χ2n) is 10.1. The van der Waals surface area contributed by atoms with Crippen LogP contribution in [0.1, 0.15) is 37.8 Å². The third-order valence-electron chi connectivity index (χ3n) is 7.09. The number of nitro groups is 1. The van der Waals surface area contributed by atoms with Gasteiger partial charge in [0.05, 0.1) is 22.6 Å². The molecule has 0 aliphatic carbocycles. The van der Waals surface area contributed by atoms with Gasteiger partial charge in [-0.05, 0) is 62.6 Å². The number of rotatable bonds is 15. The number of carbonyl (C=O) groups is 2. The molecule has 0 saturated heterocycles. The smallest absolute Gasteiger partial charge is 0.273 e. The van der Waals surface area contributed by atoms with Crippen LogP contribution < -0.4 is 14.4 Å². The molecule has 230 valence electrons. The van der Waals surface area contributed by atoms with Crippen LogP contribution in [0.5, 0.6) is 5.75 Å². The van der Waals surface area contributed by atoms with E-state index in [4.69, 9.17) is 4.74 Å². The Hall–Kier alpha value is -4.45. The van der Waals surface area contributed by atoms with E-state index in [9.17, 15) is 28.1 Å². The fourth-order valence-electron chi connectivity index (χ4n) is 4.46. The van der Waals surface area contributed by atoms with Crippen molar-refractivity contribution >= 4 is 33.2 Å². The van der Waals surface area contributed by atoms with Gasteiger partial charge in [-0.1, -0.05) is 49.7 Å². The van der Waals surface area contributed by atoms with E-state index in [-0.39, 0.29) is 28.7 Å². The van der Waals surface area contributed by atoms with Crippen LogP contribution in [0.3, 0.4) is 0 Å². The highest BCUT2D eigenvalue weighted by Gasteiger charge is 2.33. The first-order valence-electron chi connectivity index (χ1n) is 14.0. The van der Waals surface area contributed by atoms with Crippen molar-refractivity contribution in [1.29, 1.82) is 0 Å². The molecule has 0 spiro atoms. The van der Waals surface area contributed by atoms with Gasteiger partial charge in [0.2, 0.25) is 11.8 Å². The number of hydrogen-bond donors (Lipinski definition) is 1. The number of anilines is 1. The number of aryl methyl sites for hydroxylation is 1. The SMILES string of the molecule is CCCCNC(=O)[C@H](C)N(CCc1ccccc1)C(=O)CN(c1ccc(OC)cc1)S(=O)(=O)c1ccc(C)c([N+](=O)[O-])c1. The number of ether oxygens (including phenoxy) is 1. The van der Waals surface area contributed by atoms with Crippen LogP contribution in [0.25, 0.3) is 0 Å². The van der Waals surface area contributed by atoms with Crippen molar-refractivity contribution < 1.29 is 27.7 Å². The summed E-state index contributed by atoms with van der Waals surface area (Å²) in [6.07, 6.45) is 2.11. The molecule has 1 atom stereocenters. The molecule has 0 saturated carbocycles. The summed E-state index contributed by atoms with van der Waals surface area (Å²) < 4.78 is 34.1. The number of amides is 2. The van der Waals surface area contributed by atoms with E-state index in [1.54, 1.807) is 19.1 Å². The largest absolute Gasteiger partial charge is 0.497 e. The highest BCUT2D eigenvalue weighted by atomic mass is 32.2. The van der Waals surface area contributed by atoms with Crippen molar-refractivity contribution in [2.75, 3.05) is 31.0 Å². The zero-order chi connectivity index (χ0) is 31.6. The Morgan fingerprint density at radius 1 is 1.05 bits per heavy atom. The molecule has 3 aromatic carbocycles. The second-order valence-corrected chi connectivity index (χ2v) is 11.9. The van der Waals surface area contributed by atoms with Crippen LogP contribution in [0.15, 0.2) is 77.7 Å². The molecule has 3 aromatic rings. The molecule has 0 aliphatic heterocycles. The lowest BCUT2D eigenvalue weighted by Gasteiger charge is -2.32. The molecule has 0 aromatic heterocycles. The molecule has 1 N–H and O–H groups in total. The average Bonchev–Trinajstić information content (AvgIpc) is 3.00. The van der Waals surface area contributed by atoms with Crippen LogP contribution >= 0.6 is 0 Å². The average molecular weight is 611 g/mol. The van der Waals surface area contributed by atoms with Gasteiger partial charge in [-0.25, -0.2) is 8.42 Å². The molecule has 3 rings (SSSR count). The Morgan fingerprint density at radius 3 is 2.33 bits per heavy atom. The Bertz CT molecular complexity index is 1510. The first-order chi connectivity index (χ1) is 20.5. The highest BCUT2D eigenvalue weighted by molar-refractivity contribution is 7.92. The Labute approximate surface area is 252 Å². The third kappa shape index (κ3) is 8.54. The van der Waals surface area contributed by atoms with E-state index in [2.05, 4.69) is 5.32 Å². The van der Waals surface area contributed by atoms with Crippen molar-refractivity contribution in [1.82, 2.24) is 10.2 Å². The number of nitro benzene ring substituents is 1. The van der Waals surface area contributed by atoms with Crippen LogP contribution in [-0.4, -0.2) is 62.8 Å². The van der Waals surface area contributed by atoms with Crippen LogP contribution in [-0.2, 0) is 26.0 Å². The molecule has 0 bridgehead atoms. The van der Waals surface area contributed by atoms with Gasteiger partial charge in [0.25, 0.3) is 15.7 Å². The zero-order valence-corrected chi connectivity index (χ0v) is 25.7. The van der Waals surface area contributed by atoms with Crippen molar-refractivity contribution in [3.63, 3.8) is 0 Å². The first kappa shape index (κ1) is 33.1. The molecule has 43 heavy (non-hydrogen) atoms. The molecule has 2 amide bonds. The number of sulfonamides is 1. The van der Waals surface area contributed by atoms with Gasteiger partial charge in [0, 0.05) is 24.7 Å². The van der Waals surface area contributed by atoms with Gasteiger partial charge < -0.3 is 15.0 Å². The summed E-state index contributed by atoms with van der Waals surface area (Å²) in [4.78, 5) is 39.0. The second kappa shape index (κ2) is 15.1. The lowest BCUT2D eigenvalue weighted by atomic mass is 10.1. The van der Waals surface area contributed by atoms with Crippen molar-refractivity contribution in [3.05, 3.63) is 94.0 Å². The molecule has 0 heterocycles. The van der Waals surface area contributed by atoms with Crippen molar-refractivity contribution in [2.45, 2.75) is 51.0 Å². The molecule has 0 aliphatic rings. The van der Waals surface area contributed by atoms with Gasteiger partial charge in [-0.2, -0.15) is 0 Å². The first-order valence-corrected chi connectivity index (χ1v) is 15.5. The summed E-state index contributed by atoms with van der Waals surface area (Å²) >= 11 is 0. The molecule has 0 unspecified atom stereocenters. The highest BCUT2D eigenvalue weighted by Crippen LogP contribution is 2.29. The van der Waals surface area contributed by atoms with Gasteiger partial charge >= 0.3 is 0 Å². The quantitative estimate of drug-likeness (QED) is 0.152. The minimum atomic E-state index is -4.47. The lowest BCUT2D eigenvalue weighted by molar-refractivity contribution is -0.385. The Morgan fingerprint density at radius 2 is 1.72 bits per heavy atom. The maximum absolute atomic E-state index is 14.0. The molecule has 11 nitrogen and oxygen atoms in total.